The van der Waals surface area contributed by atoms with Gasteiger partial charge in [-0.1, -0.05) is 54.0 Å². The highest BCUT2D eigenvalue weighted by atomic mass is 79.9. The number of hydrogen-bond acceptors (Lipinski definition) is 3. The summed E-state index contributed by atoms with van der Waals surface area (Å²) in [4.78, 5) is 27.8. The largest absolute Gasteiger partial charge is 0.480 e. The molecule has 1 N–H and O–H groups in total. The first-order valence-corrected chi connectivity index (χ1v) is 10.8. The van der Waals surface area contributed by atoms with Gasteiger partial charge in [-0.05, 0) is 54.5 Å². The molecule has 0 saturated carbocycles. The molecule has 1 heterocycles. The van der Waals surface area contributed by atoms with Crippen LogP contribution in [0.2, 0.25) is 0 Å². The summed E-state index contributed by atoms with van der Waals surface area (Å²) in [5.74, 6) is -0.942. The maximum atomic E-state index is 13.7. The van der Waals surface area contributed by atoms with E-state index in [1.165, 1.54) is 5.56 Å². The van der Waals surface area contributed by atoms with Crippen molar-refractivity contribution in [2.24, 2.45) is 5.92 Å². The van der Waals surface area contributed by atoms with Gasteiger partial charge in [-0.3, -0.25) is 4.79 Å². The van der Waals surface area contributed by atoms with E-state index in [9.17, 15) is 14.7 Å². The van der Waals surface area contributed by atoms with Crippen LogP contribution in [-0.4, -0.2) is 28.0 Å². The maximum absolute atomic E-state index is 13.7. The van der Waals surface area contributed by atoms with Crippen molar-refractivity contribution in [2.75, 3.05) is 0 Å². The molecule has 0 spiro atoms. The lowest BCUT2D eigenvalue weighted by molar-refractivity contribution is -0.156. The lowest BCUT2D eigenvalue weighted by atomic mass is 9.85. The Morgan fingerprint density at radius 1 is 1.21 bits per heavy atom. The number of halogens is 1. The van der Waals surface area contributed by atoms with Crippen molar-refractivity contribution in [2.45, 2.75) is 51.3 Å². The van der Waals surface area contributed by atoms with Crippen LogP contribution >= 0.6 is 15.9 Å². The van der Waals surface area contributed by atoms with Crippen LogP contribution in [0, 0.1) is 5.92 Å². The van der Waals surface area contributed by atoms with Crippen LogP contribution in [0.4, 0.5) is 0 Å². The highest BCUT2D eigenvalue weighted by molar-refractivity contribution is 9.10. The van der Waals surface area contributed by atoms with E-state index < -0.39 is 18.1 Å². The number of aryl methyl sites for hydroxylation is 1. The van der Waals surface area contributed by atoms with Crippen LogP contribution in [0.1, 0.15) is 55.5 Å². The normalized spacial score (nSPS) is 23.8. The van der Waals surface area contributed by atoms with Crippen molar-refractivity contribution in [1.82, 2.24) is 4.90 Å². The summed E-state index contributed by atoms with van der Waals surface area (Å²) < 4.78 is 6.85. The van der Waals surface area contributed by atoms with Gasteiger partial charge in [0.1, 0.15) is 5.75 Å². The number of aliphatic carboxylic acids is 1. The first-order chi connectivity index (χ1) is 13.9. The summed E-state index contributed by atoms with van der Waals surface area (Å²) >= 11 is 3.44. The Morgan fingerprint density at radius 2 is 1.97 bits per heavy atom. The number of fused-ring (bicyclic) bond motifs is 2. The Labute approximate surface area is 178 Å². The second-order valence-electron chi connectivity index (χ2n) is 8.06. The van der Waals surface area contributed by atoms with E-state index in [0.29, 0.717) is 11.3 Å². The van der Waals surface area contributed by atoms with Crippen molar-refractivity contribution >= 4 is 27.8 Å². The van der Waals surface area contributed by atoms with Gasteiger partial charge in [0.2, 0.25) is 0 Å². The predicted octanol–water partition coefficient (Wildman–Crippen LogP) is 4.90. The molecular weight excluding hydrogens is 434 g/mol. The molecule has 1 amide bonds. The molecule has 0 fully saturated rings. The number of nitrogens with zero attached hydrogens (tertiary/aromatic N) is 1. The van der Waals surface area contributed by atoms with Crippen molar-refractivity contribution in [3.63, 3.8) is 0 Å². The molecule has 0 radical (unpaired) electrons. The Kier molecular flexibility index (Phi) is 5.38. The quantitative estimate of drug-likeness (QED) is 0.711. The zero-order valence-electron chi connectivity index (χ0n) is 16.5. The highest BCUT2D eigenvalue weighted by Gasteiger charge is 2.46. The van der Waals surface area contributed by atoms with E-state index in [1.54, 1.807) is 17.0 Å². The highest BCUT2D eigenvalue weighted by Crippen LogP contribution is 2.44. The van der Waals surface area contributed by atoms with Gasteiger partial charge >= 0.3 is 5.97 Å². The van der Waals surface area contributed by atoms with Gasteiger partial charge in [-0.25, -0.2) is 4.79 Å². The standard InChI is InChI=1S/C23H24BrNO4/c1-13(2)21-22(26)25(18-9-5-7-14-6-3-4-8-16(14)18)20(23(27)28)17-12-15(24)10-11-19(17)29-21/h3-4,6,8,10-13,18,20-21H,5,7,9H2,1-2H3,(H,27,28). The molecule has 152 valence electrons. The lowest BCUT2D eigenvalue weighted by Crippen LogP contribution is -2.48. The summed E-state index contributed by atoms with van der Waals surface area (Å²) in [5, 5.41) is 10.2. The molecule has 5 nitrogen and oxygen atoms in total. The molecule has 0 aromatic heterocycles. The van der Waals surface area contributed by atoms with E-state index in [2.05, 4.69) is 22.0 Å². The van der Waals surface area contributed by atoms with Gasteiger partial charge < -0.3 is 14.7 Å². The number of carbonyl (C=O) groups excluding carboxylic acids is 1. The van der Waals surface area contributed by atoms with E-state index in [-0.39, 0.29) is 17.9 Å². The molecule has 3 unspecified atom stereocenters. The number of carboxylic acids is 1. The van der Waals surface area contributed by atoms with Crippen molar-refractivity contribution in [3.8, 4) is 5.75 Å². The Balaban J connectivity index is 1.92. The third kappa shape index (κ3) is 3.54. The molecule has 2 aromatic rings. The molecular formula is C23H24BrNO4. The Morgan fingerprint density at radius 3 is 2.69 bits per heavy atom. The maximum Gasteiger partial charge on any atom is 0.331 e. The van der Waals surface area contributed by atoms with E-state index in [0.717, 1.165) is 29.3 Å². The van der Waals surface area contributed by atoms with Gasteiger partial charge in [0.25, 0.3) is 5.91 Å². The van der Waals surface area contributed by atoms with Gasteiger partial charge in [0.15, 0.2) is 12.1 Å². The third-order valence-electron chi connectivity index (χ3n) is 5.81. The van der Waals surface area contributed by atoms with Crippen LogP contribution in [0.15, 0.2) is 46.9 Å². The average Bonchev–Trinajstić information content (AvgIpc) is 2.82. The van der Waals surface area contributed by atoms with Crippen LogP contribution in [0.3, 0.4) is 0 Å². The minimum absolute atomic E-state index is 0.0899. The van der Waals surface area contributed by atoms with Crippen LogP contribution in [0.25, 0.3) is 0 Å². The van der Waals surface area contributed by atoms with Gasteiger partial charge in [0.05, 0.1) is 6.04 Å². The van der Waals surface area contributed by atoms with Crippen LogP contribution < -0.4 is 4.74 Å². The van der Waals surface area contributed by atoms with Crippen LogP contribution in [-0.2, 0) is 16.0 Å². The second kappa shape index (κ2) is 7.82. The molecule has 6 heteroatoms. The fourth-order valence-electron chi connectivity index (χ4n) is 4.48. The first kappa shape index (κ1) is 20.0. The fraction of sp³-hybridized carbons (Fsp3) is 0.391. The number of carbonyl (C=O) groups is 2. The number of hydrogen-bond donors (Lipinski definition) is 1. The Hall–Kier alpha value is -2.34. The van der Waals surface area contributed by atoms with Gasteiger partial charge in [0, 0.05) is 10.0 Å². The number of carboxylic acid groups (broad SMARTS) is 1. The number of rotatable bonds is 3. The monoisotopic (exact) mass is 457 g/mol. The smallest absolute Gasteiger partial charge is 0.331 e. The zero-order valence-corrected chi connectivity index (χ0v) is 18.1. The van der Waals surface area contributed by atoms with Crippen molar-refractivity contribution in [3.05, 3.63) is 63.6 Å². The first-order valence-electron chi connectivity index (χ1n) is 9.97. The molecule has 2 aliphatic rings. The minimum atomic E-state index is -1.10. The van der Waals surface area contributed by atoms with Crippen molar-refractivity contribution in [1.29, 1.82) is 0 Å². The third-order valence-corrected chi connectivity index (χ3v) is 6.30. The molecule has 0 bridgehead atoms. The number of benzene rings is 2. The predicted molar refractivity (Wildman–Crippen MR) is 113 cm³/mol. The number of amides is 1. The molecule has 0 saturated heterocycles. The summed E-state index contributed by atoms with van der Waals surface area (Å²) in [6, 6.07) is 12.0. The molecule has 3 atom stereocenters. The molecule has 29 heavy (non-hydrogen) atoms. The topological polar surface area (TPSA) is 66.8 Å². The van der Waals surface area contributed by atoms with Crippen LogP contribution in [0.5, 0.6) is 5.75 Å². The minimum Gasteiger partial charge on any atom is -0.480 e. The van der Waals surface area contributed by atoms with Gasteiger partial charge in [-0.15, -0.1) is 0 Å². The van der Waals surface area contributed by atoms with Gasteiger partial charge in [-0.2, -0.15) is 0 Å². The molecule has 1 aliphatic carbocycles. The molecule has 2 aromatic carbocycles. The Bertz CT molecular complexity index is 958. The molecule has 1 aliphatic heterocycles. The lowest BCUT2D eigenvalue weighted by Gasteiger charge is -2.39. The van der Waals surface area contributed by atoms with E-state index >= 15 is 0 Å². The molecule has 4 rings (SSSR count). The van der Waals surface area contributed by atoms with E-state index in [4.69, 9.17) is 4.74 Å². The summed E-state index contributed by atoms with van der Waals surface area (Å²) in [6.45, 7) is 3.85. The SMILES string of the molecule is CC(C)C1Oc2ccc(Br)cc2C(C(=O)O)N(C2CCCc3ccccc32)C1=O. The summed E-state index contributed by atoms with van der Waals surface area (Å²) in [5.41, 5.74) is 2.73. The summed E-state index contributed by atoms with van der Waals surface area (Å²) in [7, 11) is 0. The van der Waals surface area contributed by atoms with Crippen molar-refractivity contribution < 1.29 is 19.4 Å². The average molecular weight is 458 g/mol. The summed E-state index contributed by atoms with van der Waals surface area (Å²) in [6.07, 6.45) is 1.86. The van der Waals surface area contributed by atoms with E-state index in [1.807, 2.05) is 38.1 Å². The zero-order chi connectivity index (χ0) is 20.7. The second-order valence-corrected chi connectivity index (χ2v) is 8.97. The number of ether oxygens (including phenoxy) is 1. The fourth-order valence-corrected chi connectivity index (χ4v) is 4.85.